The average Bonchev–Trinajstić information content (AvgIpc) is 3.06. The molecule has 0 fully saturated rings. The molecule has 0 unspecified atom stereocenters. The zero-order valence-electron chi connectivity index (χ0n) is 15.4. The first-order valence-corrected chi connectivity index (χ1v) is 9.40. The van der Waals surface area contributed by atoms with Gasteiger partial charge in [0.2, 0.25) is 5.16 Å². The molecule has 2 aromatic heterocycles. The van der Waals surface area contributed by atoms with E-state index in [9.17, 15) is 9.18 Å². The topological polar surface area (TPSA) is 78.6 Å². The molecule has 0 saturated carbocycles. The van der Waals surface area contributed by atoms with Crippen LogP contribution < -0.4 is 4.74 Å². The Morgan fingerprint density at radius 1 is 1.30 bits per heavy atom. The van der Waals surface area contributed by atoms with Crippen molar-refractivity contribution in [2.75, 3.05) is 13.4 Å². The van der Waals surface area contributed by atoms with E-state index in [0.29, 0.717) is 27.9 Å². The lowest BCUT2D eigenvalue weighted by atomic mass is 10.1. The number of methoxy groups -OCH3 is 1. The SMILES string of the molecule is COc1ccc(F)cc1COC(=O)Cc1c(C)nc2nc(SC)nn2c1C. The predicted octanol–water partition coefficient (Wildman–Crippen LogP) is 2.90. The van der Waals surface area contributed by atoms with E-state index in [0.717, 1.165) is 11.3 Å². The summed E-state index contributed by atoms with van der Waals surface area (Å²) in [6, 6.07) is 4.08. The fourth-order valence-electron chi connectivity index (χ4n) is 2.75. The molecule has 0 saturated heterocycles. The van der Waals surface area contributed by atoms with Crippen molar-refractivity contribution in [2.24, 2.45) is 0 Å². The summed E-state index contributed by atoms with van der Waals surface area (Å²) < 4.78 is 25.5. The first kappa shape index (κ1) is 19.1. The maximum Gasteiger partial charge on any atom is 0.310 e. The predicted molar refractivity (Wildman–Crippen MR) is 98.5 cm³/mol. The Balaban J connectivity index is 1.77. The minimum absolute atomic E-state index is 0.0344. The molecule has 0 radical (unpaired) electrons. The molecule has 7 nitrogen and oxygen atoms in total. The third-order valence-electron chi connectivity index (χ3n) is 4.16. The summed E-state index contributed by atoms with van der Waals surface area (Å²) in [6.07, 6.45) is 1.92. The van der Waals surface area contributed by atoms with Crippen molar-refractivity contribution in [2.45, 2.75) is 32.0 Å². The molecule has 27 heavy (non-hydrogen) atoms. The number of hydrogen-bond donors (Lipinski definition) is 0. The molecular formula is C18H19FN4O3S. The maximum atomic E-state index is 13.4. The van der Waals surface area contributed by atoms with Gasteiger partial charge >= 0.3 is 5.97 Å². The van der Waals surface area contributed by atoms with E-state index >= 15 is 0 Å². The van der Waals surface area contributed by atoms with Gasteiger partial charge in [0.05, 0.1) is 13.5 Å². The Morgan fingerprint density at radius 3 is 2.78 bits per heavy atom. The number of thioether (sulfide) groups is 1. The third-order valence-corrected chi connectivity index (χ3v) is 4.70. The molecule has 0 bridgehead atoms. The first-order valence-electron chi connectivity index (χ1n) is 8.17. The molecule has 0 spiro atoms. The summed E-state index contributed by atoms with van der Waals surface area (Å²) >= 11 is 1.42. The normalized spacial score (nSPS) is 11.0. The molecular weight excluding hydrogens is 371 g/mol. The summed E-state index contributed by atoms with van der Waals surface area (Å²) in [5.74, 6) is 0.0978. The van der Waals surface area contributed by atoms with Crippen molar-refractivity contribution >= 4 is 23.5 Å². The Hall–Kier alpha value is -2.68. The summed E-state index contributed by atoms with van der Waals surface area (Å²) in [4.78, 5) is 21.1. The van der Waals surface area contributed by atoms with E-state index in [1.54, 1.807) is 4.52 Å². The van der Waals surface area contributed by atoms with Gasteiger partial charge in [-0.05, 0) is 38.3 Å². The van der Waals surface area contributed by atoms with Gasteiger partial charge in [0.25, 0.3) is 5.78 Å². The van der Waals surface area contributed by atoms with Gasteiger partial charge in [0, 0.05) is 22.5 Å². The standard InChI is InChI=1S/C18H19FN4O3S/c1-10-14(11(2)23-17(20-10)21-18(22-23)27-4)8-16(24)26-9-12-7-13(19)5-6-15(12)25-3/h5-7H,8-9H2,1-4H3. The van der Waals surface area contributed by atoms with Crippen molar-refractivity contribution in [3.05, 3.63) is 46.5 Å². The molecule has 1 aromatic carbocycles. The second-order valence-electron chi connectivity index (χ2n) is 5.87. The van der Waals surface area contributed by atoms with Crippen LogP contribution in [-0.2, 0) is 22.6 Å². The number of aryl methyl sites for hydroxylation is 2. The summed E-state index contributed by atoms with van der Waals surface area (Å²) in [7, 11) is 1.48. The highest BCUT2D eigenvalue weighted by atomic mass is 32.2. The van der Waals surface area contributed by atoms with E-state index < -0.39 is 11.8 Å². The molecule has 0 aliphatic heterocycles. The van der Waals surface area contributed by atoms with E-state index in [1.165, 1.54) is 37.1 Å². The van der Waals surface area contributed by atoms with Crippen molar-refractivity contribution < 1.29 is 18.7 Å². The van der Waals surface area contributed by atoms with Crippen molar-refractivity contribution in [1.29, 1.82) is 0 Å². The van der Waals surface area contributed by atoms with Crippen molar-refractivity contribution in [1.82, 2.24) is 19.6 Å². The zero-order chi connectivity index (χ0) is 19.6. The number of carbonyl (C=O) groups excluding carboxylic acids is 1. The van der Waals surface area contributed by atoms with Crippen LogP contribution in [0, 0.1) is 19.7 Å². The quantitative estimate of drug-likeness (QED) is 0.473. The van der Waals surface area contributed by atoms with E-state index in [2.05, 4.69) is 15.1 Å². The van der Waals surface area contributed by atoms with Gasteiger partial charge in [-0.1, -0.05) is 11.8 Å². The van der Waals surface area contributed by atoms with Crippen LogP contribution in [0.1, 0.15) is 22.5 Å². The molecule has 142 valence electrons. The average molecular weight is 390 g/mol. The van der Waals surface area contributed by atoms with Gasteiger partial charge < -0.3 is 9.47 Å². The van der Waals surface area contributed by atoms with Crippen LogP contribution in [0.2, 0.25) is 0 Å². The first-order chi connectivity index (χ1) is 12.9. The Labute approximate surface area is 159 Å². The number of nitrogens with zero attached hydrogens (tertiary/aromatic N) is 4. The Bertz CT molecular complexity index is 1010. The van der Waals surface area contributed by atoms with Crippen molar-refractivity contribution in [3.63, 3.8) is 0 Å². The molecule has 3 aromatic rings. The molecule has 9 heteroatoms. The second-order valence-corrected chi connectivity index (χ2v) is 6.64. The fourth-order valence-corrected chi connectivity index (χ4v) is 3.08. The lowest BCUT2D eigenvalue weighted by Crippen LogP contribution is -2.14. The van der Waals surface area contributed by atoms with Crippen LogP contribution >= 0.6 is 11.8 Å². The lowest BCUT2D eigenvalue weighted by molar-refractivity contribution is -0.144. The van der Waals surface area contributed by atoms with E-state index in [1.807, 2.05) is 20.1 Å². The van der Waals surface area contributed by atoms with Gasteiger partial charge in [-0.2, -0.15) is 4.98 Å². The third kappa shape index (κ3) is 4.02. The number of esters is 1. The number of fused-ring (bicyclic) bond motifs is 1. The Morgan fingerprint density at radius 2 is 2.07 bits per heavy atom. The van der Waals surface area contributed by atoms with Gasteiger partial charge in [0.15, 0.2) is 0 Å². The molecule has 0 N–H and O–H groups in total. The second kappa shape index (κ2) is 7.91. The lowest BCUT2D eigenvalue weighted by Gasteiger charge is -2.12. The number of benzene rings is 1. The zero-order valence-corrected chi connectivity index (χ0v) is 16.3. The molecule has 3 rings (SSSR count). The molecule has 2 heterocycles. The minimum atomic E-state index is -0.445. The van der Waals surface area contributed by atoms with Crippen LogP contribution in [0.15, 0.2) is 23.4 Å². The van der Waals surface area contributed by atoms with E-state index in [4.69, 9.17) is 9.47 Å². The van der Waals surface area contributed by atoms with Crippen LogP contribution in [0.5, 0.6) is 5.75 Å². The van der Waals surface area contributed by atoms with Crippen LogP contribution in [0.3, 0.4) is 0 Å². The van der Waals surface area contributed by atoms with Crippen LogP contribution in [-0.4, -0.2) is 38.9 Å². The van der Waals surface area contributed by atoms with Gasteiger partial charge in [-0.25, -0.2) is 13.9 Å². The number of halogens is 1. The van der Waals surface area contributed by atoms with Crippen LogP contribution in [0.4, 0.5) is 4.39 Å². The summed E-state index contributed by atoms with van der Waals surface area (Å²) in [6.45, 7) is 3.60. The summed E-state index contributed by atoms with van der Waals surface area (Å²) in [5, 5.41) is 4.98. The highest BCUT2D eigenvalue weighted by molar-refractivity contribution is 7.98. The van der Waals surface area contributed by atoms with Crippen LogP contribution in [0.25, 0.3) is 5.78 Å². The monoisotopic (exact) mass is 390 g/mol. The summed E-state index contributed by atoms with van der Waals surface area (Å²) in [5.41, 5.74) is 2.68. The largest absolute Gasteiger partial charge is 0.496 e. The molecule has 0 aliphatic rings. The van der Waals surface area contributed by atoms with E-state index in [-0.39, 0.29) is 13.0 Å². The highest BCUT2D eigenvalue weighted by Gasteiger charge is 2.17. The number of carbonyl (C=O) groups is 1. The number of ether oxygens (including phenoxy) is 2. The Kier molecular flexibility index (Phi) is 5.59. The number of rotatable bonds is 6. The van der Waals surface area contributed by atoms with Gasteiger partial charge in [-0.3, -0.25) is 4.79 Å². The smallest absolute Gasteiger partial charge is 0.310 e. The molecule has 0 atom stereocenters. The fraction of sp³-hybridized carbons (Fsp3) is 0.333. The van der Waals surface area contributed by atoms with Gasteiger partial charge in [0.1, 0.15) is 18.2 Å². The maximum absolute atomic E-state index is 13.4. The van der Waals surface area contributed by atoms with Gasteiger partial charge in [-0.15, -0.1) is 5.10 Å². The molecule has 0 aliphatic carbocycles. The minimum Gasteiger partial charge on any atom is -0.496 e. The molecule has 0 amide bonds. The van der Waals surface area contributed by atoms with Crippen molar-refractivity contribution in [3.8, 4) is 5.75 Å². The highest BCUT2D eigenvalue weighted by Crippen LogP contribution is 2.21. The number of hydrogen-bond acceptors (Lipinski definition) is 7. The number of aromatic nitrogens is 4.